The number of nitrogens with one attached hydrogen (secondary N) is 1. The standard InChI is InChI=1S/C15H22N8O.HI/c1-3-16-14(19-11-13-20-12(2)21-24-13)22-7-9-23(10-8-22)15-17-5-4-6-18-15;/h4-6H,3,7-11H2,1-2H3,(H,16,19);1H. The fourth-order valence-corrected chi connectivity index (χ4v) is 2.55. The summed E-state index contributed by atoms with van der Waals surface area (Å²) in [6, 6.07) is 1.83. The van der Waals surface area contributed by atoms with E-state index in [0.717, 1.165) is 44.6 Å². The Morgan fingerprint density at radius 1 is 1.24 bits per heavy atom. The van der Waals surface area contributed by atoms with E-state index in [4.69, 9.17) is 4.52 Å². The van der Waals surface area contributed by atoms with Gasteiger partial charge in [-0.25, -0.2) is 15.0 Å². The highest BCUT2D eigenvalue weighted by Gasteiger charge is 2.21. The van der Waals surface area contributed by atoms with Gasteiger partial charge in [-0.15, -0.1) is 24.0 Å². The van der Waals surface area contributed by atoms with Crippen LogP contribution in [0.4, 0.5) is 5.95 Å². The number of piperazine rings is 1. The molecule has 2 aromatic heterocycles. The number of rotatable bonds is 4. The lowest BCUT2D eigenvalue weighted by molar-refractivity contribution is 0.362. The Kier molecular flexibility index (Phi) is 7.34. The molecule has 1 saturated heterocycles. The van der Waals surface area contributed by atoms with Gasteiger partial charge >= 0.3 is 0 Å². The Labute approximate surface area is 164 Å². The molecule has 1 N–H and O–H groups in total. The summed E-state index contributed by atoms with van der Waals surface area (Å²) in [4.78, 5) is 21.8. The Balaban J connectivity index is 0.00000225. The molecular formula is C15H23IN8O. The van der Waals surface area contributed by atoms with E-state index < -0.39 is 0 Å². The quantitative estimate of drug-likeness (QED) is 0.413. The zero-order valence-electron chi connectivity index (χ0n) is 14.4. The van der Waals surface area contributed by atoms with Gasteiger partial charge in [-0.3, -0.25) is 0 Å². The van der Waals surface area contributed by atoms with Crippen molar-refractivity contribution in [2.24, 2.45) is 4.99 Å². The topological polar surface area (TPSA) is 95.6 Å². The van der Waals surface area contributed by atoms with E-state index in [1.54, 1.807) is 19.3 Å². The zero-order valence-corrected chi connectivity index (χ0v) is 16.8. The second kappa shape index (κ2) is 9.49. The summed E-state index contributed by atoms with van der Waals surface area (Å²) in [7, 11) is 0. The minimum Gasteiger partial charge on any atom is -0.357 e. The van der Waals surface area contributed by atoms with E-state index in [1.165, 1.54) is 0 Å². The number of anilines is 1. The third-order valence-corrected chi connectivity index (χ3v) is 3.68. The maximum absolute atomic E-state index is 5.12. The number of hydrogen-bond acceptors (Lipinski definition) is 7. The second-order valence-corrected chi connectivity index (χ2v) is 5.43. The van der Waals surface area contributed by atoms with Gasteiger partial charge in [0.05, 0.1) is 0 Å². The second-order valence-electron chi connectivity index (χ2n) is 5.43. The molecule has 0 saturated carbocycles. The smallest absolute Gasteiger partial charge is 0.248 e. The van der Waals surface area contributed by atoms with Crippen LogP contribution in [-0.2, 0) is 6.54 Å². The van der Waals surface area contributed by atoms with Crippen LogP contribution < -0.4 is 10.2 Å². The highest BCUT2D eigenvalue weighted by atomic mass is 127. The van der Waals surface area contributed by atoms with Crippen molar-refractivity contribution in [1.29, 1.82) is 0 Å². The molecule has 1 aliphatic rings. The molecule has 2 aromatic rings. The highest BCUT2D eigenvalue weighted by molar-refractivity contribution is 14.0. The van der Waals surface area contributed by atoms with E-state index in [2.05, 4.69) is 47.1 Å². The van der Waals surface area contributed by atoms with Crippen LogP contribution in [0.1, 0.15) is 18.6 Å². The van der Waals surface area contributed by atoms with E-state index in [1.807, 2.05) is 6.07 Å². The minimum absolute atomic E-state index is 0. The Morgan fingerprint density at radius 2 is 1.96 bits per heavy atom. The summed E-state index contributed by atoms with van der Waals surface area (Å²) in [5, 5.41) is 7.11. The number of guanidine groups is 1. The first kappa shape index (κ1) is 19.3. The lowest BCUT2D eigenvalue weighted by atomic mass is 10.3. The molecular weight excluding hydrogens is 435 g/mol. The average molecular weight is 458 g/mol. The summed E-state index contributed by atoms with van der Waals surface area (Å²) in [5.41, 5.74) is 0. The van der Waals surface area contributed by atoms with Gasteiger partial charge in [0, 0.05) is 45.1 Å². The zero-order chi connectivity index (χ0) is 16.8. The monoisotopic (exact) mass is 458 g/mol. The average Bonchev–Trinajstić information content (AvgIpc) is 3.05. The Bertz CT molecular complexity index is 669. The molecule has 0 atom stereocenters. The molecule has 3 heterocycles. The molecule has 0 radical (unpaired) electrons. The SMILES string of the molecule is CCNC(=NCc1nc(C)no1)N1CCN(c2ncccn2)CC1.I. The van der Waals surface area contributed by atoms with Crippen LogP contribution in [0.15, 0.2) is 28.0 Å². The third kappa shape index (κ3) is 5.25. The molecule has 136 valence electrons. The van der Waals surface area contributed by atoms with Crippen LogP contribution in [0.25, 0.3) is 0 Å². The Hall–Kier alpha value is -1.98. The molecule has 0 aliphatic carbocycles. The molecule has 0 unspecified atom stereocenters. The molecule has 1 fully saturated rings. The van der Waals surface area contributed by atoms with Gasteiger partial charge in [0.2, 0.25) is 11.8 Å². The third-order valence-electron chi connectivity index (χ3n) is 3.68. The van der Waals surface area contributed by atoms with E-state index in [-0.39, 0.29) is 24.0 Å². The molecule has 0 amide bonds. The lowest BCUT2D eigenvalue weighted by Gasteiger charge is -2.36. The van der Waals surface area contributed by atoms with Gasteiger partial charge in [-0.05, 0) is 19.9 Å². The maximum Gasteiger partial charge on any atom is 0.248 e. The fourth-order valence-electron chi connectivity index (χ4n) is 2.55. The maximum atomic E-state index is 5.12. The van der Waals surface area contributed by atoms with Crippen LogP contribution in [-0.4, -0.2) is 63.7 Å². The number of nitrogens with zero attached hydrogens (tertiary/aromatic N) is 7. The van der Waals surface area contributed by atoms with Gasteiger partial charge in [-0.2, -0.15) is 4.98 Å². The number of halogens is 1. The summed E-state index contributed by atoms with van der Waals surface area (Å²) >= 11 is 0. The highest BCUT2D eigenvalue weighted by Crippen LogP contribution is 2.10. The summed E-state index contributed by atoms with van der Waals surface area (Å²) in [5.74, 6) is 2.79. The minimum atomic E-state index is 0. The first-order valence-electron chi connectivity index (χ1n) is 8.10. The van der Waals surface area contributed by atoms with Crippen molar-refractivity contribution in [2.75, 3.05) is 37.6 Å². The molecule has 0 bridgehead atoms. The molecule has 0 spiro atoms. The predicted octanol–water partition coefficient (Wildman–Crippen LogP) is 1.07. The van der Waals surface area contributed by atoms with Crippen molar-refractivity contribution in [1.82, 2.24) is 30.3 Å². The van der Waals surface area contributed by atoms with Gasteiger partial charge in [0.15, 0.2) is 11.8 Å². The largest absolute Gasteiger partial charge is 0.357 e. The van der Waals surface area contributed by atoms with Crippen LogP contribution in [0, 0.1) is 6.92 Å². The van der Waals surface area contributed by atoms with Crippen molar-refractivity contribution in [3.8, 4) is 0 Å². The molecule has 3 rings (SSSR count). The number of aryl methyl sites for hydroxylation is 1. The van der Waals surface area contributed by atoms with Crippen LogP contribution >= 0.6 is 24.0 Å². The van der Waals surface area contributed by atoms with E-state index in [9.17, 15) is 0 Å². The van der Waals surface area contributed by atoms with Crippen LogP contribution in [0.5, 0.6) is 0 Å². The number of aliphatic imine (C=N–C) groups is 1. The van der Waals surface area contributed by atoms with Crippen LogP contribution in [0.3, 0.4) is 0 Å². The fraction of sp³-hybridized carbons (Fsp3) is 0.533. The van der Waals surface area contributed by atoms with Gasteiger partial charge in [0.25, 0.3) is 0 Å². The van der Waals surface area contributed by atoms with Crippen molar-refractivity contribution >= 4 is 35.9 Å². The summed E-state index contributed by atoms with van der Waals surface area (Å²) in [6.45, 7) is 8.46. The number of hydrogen-bond donors (Lipinski definition) is 1. The summed E-state index contributed by atoms with van der Waals surface area (Å²) in [6.07, 6.45) is 3.54. The Morgan fingerprint density at radius 3 is 2.56 bits per heavy atom. The van der Waals surface area contributed by atoms with E-state index >= 15 is 0 Å². The van der Waals surface area contributed by atoms with Gasteiger partial charge in [0.1, 0.15) is 6.54 Å². The molecule has 25 heavy (non-hydrogen) atoms. The normalized spacial score (nSPS) is 15.0. The van der Waals surface area contributed by atoms with Crippen LogP contribution in [0.2, 0.25) is 0 Å². The molecule has 10 heteroatoms. The van der Waals surface area contributed by atoms with Crippen molar-refractivity contribution in [2.45, 2.75) is 20.4 Å². The van der Waals surface area contributed by atoms with Gasteiger partial charge < -0.3 is 19.6 Å². The first-order valence-corrected chi connectivity index (χ1v) is 8.10. The van der Waals surface area contributed by atoms with Crippen molar-refractivity contribution in [3.63, 3.8) is 0 Å². The molecule has 0 aromatic carbocycles. The van der Waals surface area contributed by atoms with Crippen molar-refractivity contribution in [3.05, 3.63) is 30.2 Å². The first-order chi connectivity index (χ1) is 11.8. The molecule has 9 nitrogen and oxygen atoms in total. The summed E-state index contributed by atoms with van der Waals surface area (Å²) < 4.78 is 5.12. The van der Waals surface area contributed by atoms with Crippen molar-refractivity contribution < 1.29 is 4.52 Å². The number of aromatic nitrogens is 4. The molecule has 1 aliphatic heterocycles. The predicted molar refractivity (Wildman–Crippen MR) is 105 cm³/mol. The lowest BCUT2D eigenvalue weighted by Crippen LogP contribution is -2.53. The van der Waals surface area contributed by atoms with E-state index in [0.29, 0.717) is 18.3 Å². The van der Waals surface area contributed by atoms with Gasteiger partial charge in [-0.1, -0.05) is 5.16 Å².